The minimum absolute atomic E-state index is 0.899. The fourth-order valence-electron chi connectivity index (χ4n) is 6.59. The van der Waals surface area contributed by atoms with Crippen LogP contribution in [-0.4, -0.2) is 4.57 Å². The molecule has 208 valence electrons. The summed E-state index contributed by atoms with van der Waals surface area (Å²) in [6.07, 6.45) is 7.36. The maximum atomic E-state index is 4.65. The molecule has 41 heavy (non-hydrogen) atoms. The van der Waals surface area contributed by atoms with Gasteiger partial charge in [0.05, 0.1) is 0 Å². The first-order chi connectivity index (χ1) is 20.1. The Morgan fingerprint density at radius 1 is 0.537 bits per heavy atom. The van der Waals surface area contributed by atoms with E-state index in [0.717, 1.165) is 12.7 Å². The van der Waals surface area contributed by atoms with Gasteiger partial charge in [-0.05, 0) is 0 Å². The van der Waals surface area contributed by atoms with E-state index in [1.54, 1.807) is 0 Å². The van der Waals surface area contributed by atoms with Gasteiger partial charge < -0.3 is 0 Å². The third-order valence-corrected chi connectivity index (χ3v) is 18.2. The number of unbranched alkanes of at least 4 members (excludes halogenated alkanes) is 4. The number of para-hydroxylation sites is 1. The number of hydrogen-bond donors (Lipinski definition) is 0. The van der Waals surface area contributed by atoms with Crippen LogP contribution in [0.4, 0.5) is 0 Å². The summed E-state index contributed by atoms with van der Waals surface area (Å²) in [6, 6.07) is 49.5. The standard InChI is InChI=1S/C38H39BrNP/c1-2-3-4-5-17-28-40-37-25-16-15-24-35(37)36-29-31(26-27-38(36)40)30-41(39,32-18-9-6-10-19-32,33-20-11-7-12-21-33)34-22-13-8-14-23-34/h6-16,18-27,29H,2-5,17,28,30H2,1H3. The zero-order valence-electron chi connectivity index (χ0n) is 23.9. The summed E-state index contributed by atoms with van der Waals surface area (Å²) in [4.78, 5) is 0. The molecular weight excluding hydrogens is 581 g/mol. The summed E-state index contributed by atoms with van der Waals surface area (Å²) >= 11 is 4.65. The van der Waals surface area contributed by atoms with Crippen molar-refractivity contribution < 1.29 is 0 Å². The normalized spacial score (nSPS) is 12.9. The van der Waals surface area contributed by atoms with E-state index in [-0.39, 0.29) is 0 Å². The molecule has 0 amide bonds. The third kappa shape index (κ3) is 5.07. The van der Waals surface area contributed by atoms with Gasteiger partial charge in [-0.1, -0.05) is 6.92 Å². The number of fused-ring (bicyclic) bond motifs is 3. The van der Waals surface area contributed by atoms with Crippen LogP contribution in [0.25, 0.3) is 21.8 Å². The second-order valence-corrected chi connectivity index (χ2v) is 20.2. The first-order valence-electron chi connectivity index (χ1n) is 15.0. The summed E-state index contributed by atoms with van der Waals surface area (Å²) in [7, 11) is 0. The van der Waals surface area contributed by atoms with E-state index in [4.69, 9.17) is 0 Å². The molecule has 0 atom stereocenters. The number of rotatable bonds is 11. The van der Waals surface area contributed by atoms with Gasteiger partial charge in [-0.3, -0.25) is 0 Å². The van der Waals surface area contributed by atoms with Crippen molar-refractivity contribution in [3.63, 3.8) is 0 Å². The summed E-state index contributed by atoms with van der Waals surface area (Å²) in [5.41, 5.74) is 4.05. The van der Waals surface area contributed by atoms with Crippen LogP contribution in [0.2, 0.25) is 0 Å². The molecule has 0 aliphatic heterocycles. The average Bonchev–Trinajstić information content (AvgIpc) is 3.35. The fraction of sp³-hybridized carbons (Fsp3) is 0.211. The Labute approximate surface area is 252 Å². The quantitative estimate of drug-likeness (QED) is 0.100. The van der Waals surface area contributed by atoms with E-state index < -0.39 is 5.31 Å². The summed E-state index contributed by atoms with van der Waals surface area (Å²) in [5.74, 6) is 0. The molecule has 5 aromatic carbocycles. The summed E-state index contributed by atoms with van der Waals surface area (Å²) < 4.78 is 2.56. The number of aryl methyl sites for hydroxylation is 1. The van der Waals surface area contributed by atoms with Gasteiger partial charge in [-0.15, -0.1) is 0 Å². The molecule has 0 unspecified atom stereocenters. The predicted octanol–water partition coefficient (Wildman–Crippen LogP) is 10.1. The second-order valence-electron chi connectivity index (χ2n) is 11.3. The molecule has 0 saturated heterocycles. The maximum absolute atomic E-state index is 4.65. The van der Waals surface area contributed by atoms with Gasteiger partial charge in [0.2, 0.25) is 0 Å². The van der Waals surface area contributed by atoms with Crippen molar-refractivity contribution in [3.8, 4) is 0 Å². The summed E-state index contributed by atoms with van der Waals surface area (Å²) in [6.45, 7) is 3.36. The molecular formula is C38H39BrNP. The molecule has 1 heterocycles. The van der Waals surface area contributed by atoms with E-state index in [0.29, 0.717) is 0 Å². The Hall–Kier alpha value is -3.19. The minimum atomic E-state index is -3.06. The SMILES string of the molecule is CCCCCCCn1c2ccccc2c2cc(CP(Br)(c3ccccc3)(c3ccccc3)c3ccccc3)ccc21. The van der Waals surface area contributed by atoms with Crippen LogP contribution in [-0.2, 0) is 12.7 Å². The molecule has 3 heteroatoms. The molecule has 0 aliphatic rings. The van der Waals surface area contributed by atoms with E-state index in [1.165, 1.54) is 75.4 Å². The van der Waals surface area contributed by atoms with Gasteiger partial charge >= 0.3 is 247 Å². The van der Waals surface area contributed by atoms with Crippen LogP contribution in [0.5, 0.6) is 0 Å². The van der Waals surface area contributed by atoms with Gasteiger partial charge in [0.15, 0.2) is 0 Å². The molecule has 0 aliphatic carbocycles. The van der Waals surface area contributed by atoms with Crippen molar-refractivity contribution in [2.75, 3.05) is 0 Å². The first-order valence-corrected chi connectivity index (χ1v) is 19.5. The molecule has 0 spiro atoms. The Kier molecular flexibility index (Phi) is 8.16. The number of halogens is 1. The average molecular weight is 621 g/mol. The molecule has 0 fully saturated rings. The van der Waals surface area contributed by atoms with Crippen LogP contribution >= 0.6 is 20.8 Å². The molecule has 0 saturated carbocycles. The van der Waals surface area contributed by atoms with Crippen LogP contribution < -0.4 is 15.9 Å². The Morgan fingerprint density at radius 2 is 1.05 bits per heavy atom. The topological polar surface area (TPSA) is 4.93 Å². The zero-order chi connectivity index (χ0) is 28.1. The van der Waals surface area contributed by atoms with E-state index in [2.05, 4.69) is 160 Å². The molecule has 1 aromatic heterocycles. The van der Waals surface area contributed by atoms with E-state index in [9.17, 15) is 0 Å². The van der Waals surface area contributed by atoms with E-state index in [1.807, 2.05) is 0 Å². The second kappa shape index (κ2) is 12.0. The van der Waals surface area contributed by atoms with Crippen LogP contribution in [0.15, 0.2) is 133 Å². The van der Waals surface area contributed by atoms with E-state index >= 15 is 0 Å². The Morgan fingerprint density at radius 3 is 1.63 bits per heavy atom. The van der Waals surface area contributed by atoms with Gasteiger partial charge in [-0.25, -0.2) is 0 Å². The zero-order valence-corrected chi connectivity index (χ0v) is 26.4. The van der Waals surface area contributed by atoms with Crippen molar-refractivity contribution in [1.29, 1.82) is 0 Å². The first kappa shape index (κ1) is 28.0. The van der Waals surface area contributed by atoms with Crippen molar-refractivity contribution in [2.24, 2.45) is 0 Å². The van der Waals surface area contributed by atoms with Crippen molar-refractivity contribution in [2.45, 2.75) is 51.7 Å². The van der Waals surface area contributed by atoms with Gasteiger partial charge in [0.1, 0.15) is 0 Å². The Balaban J connectivity index is 1.52. The van der Waals surface area contributed by atoms with Crippen molar-refractivity contribution in [1.82, 2.24) is 4.57 Å². The molecule has 1 nitrogen and oxygen atoms in total. The third-order valence-electron chi connectivity index (χ3n) is 8.69. The fourth-order valence-corrected chi connectivity index (χ4v) is 14.3. The van der Waals surface area contributed by atoms with Crippen LogP contribution in [0.1, 0.15) is 44.6 Å². The molecule has 0 N–H and O–H groups in total. The monoisotopic (exact) mass is 619 g/mol. The van der Waals surface area contributed by atoms with Gasteiger partial charge in [-0.2, -0.15) is 0 Å². The molecule has 6 rings (SSSR count). The van der Waals surface area contributed by atoms with Crippen LogP contribution in [0, 0.1) is 0 Å². The number of benzene rings is 5. The molecule has 0 radical (unpaired) electrons. The van der Waals surface area contributed by atoms with Crippen molar-refractivity contribution >= 4 is 58.5 Å². The number of aromatic nitrogens is 1. The summed E-state index contributed by atoms with van der Waals surface area (Å²) in [5, 5.41) is 3.71. The Bertz CT molecular complexity index is 1640. The van der Waals surface area contributed by atoms with Gasteiger partial charge in [0, 0.05) is 0 Å². The predicted molar refractivity (Wildman–Crippen MR) is 186 cm³/mol. The molecule has 0 bridgehead atoms. The number of nitrogens with zero attached hydrogens (tertiary/aromatic N) is 1. The van der Waals surface area contributed by atoms with Gasteiger partial charge in [0.25, 0.3) is 0 Å². The van der Waals surface area contributed by atoms with Crippen molar-refractivity contribution in [3.05, 3.63) is 139 Å². The number of hydrogen-bond acceptors (Lipinski definition) is 0. The van der Waals surface area contributed by atoms with Crippen LogP contribution in [0.3, 0.4) is 0 Å². The molecule has 6 aromatic rings.